The van der Waals surface area contributed by atoms with Crippen LogP contribution < -0.4 is 14.8 Å². The van der Waals surface area contributed by atoms with E-state index in [0.717, 1.165) is 21.3 Å². The number of carbonyl (C=O) groups excluding carboxylic acids is 1. The van der Waals surface area contributed by atoms with Crippen molar-refractivity contribution in [2.75, 3.05) is 19.8 Å². The minimum Gasteiger partial charge on any atom is -0.492 e. The van der Waals surface area contributed by atoms with Gasteiger partial charge in [0, 0.05) is 0 Å². The van der Waals surface area contributed by atoms with Gasteiger partial charge in [0.2, 0.25) is 0 Å². The van der Waals surface area contributed by atoms with E-state index in [2.05, 4.69) is 21.2 Å². The van der Waals surface area contributed by atoms with E-state index in [1.54, 1.807) is 0 Å². The summed E-state index contributed by atoms with van der Waals surface area (Å²) in [6.07, 6.45) is 0. The topological polar surface area (TPSA) is 47.6 Å². The third-order valence-corrected chi connectivity index (χ3v) is 3.75. The number of amides is 1. The summed E-state index contributed by atoms with van der Waals surface area (Å²) in [5.74, 6) is 1.28. The zero-order valence-electron chi connectivity index (χ0n) is 13.3. The average molecular weight is 378 g/mol. The molecule has 5 heteroatoms. The van der Waals surface area contributed by atoms with Crippen LogP contribution in [0.2, 0.25) is 0 Å². The molecule has 0 saturated heterocycles. The Morgan fingerprint density at radius 2 is 1.87 bits per heavy atom. The van der Waals surface area contributed by atoms with Crippen molar-refractivity contribution in [2.24, 2.45) is 0 Å². The number of nitrogens with one attached hydrogen (secondary N) is 1. The van der Waals surface area contributed by atoms with Crippen LogP contribution in [0.4, 0.5) is 0 Å². The Balaban J connectivity index is 1.67. The van der Waals surface area contributed by atoms with Crippen molar-refractivity contribution >= 4 is 21.8 Å². The number of carbonyl (C=O) groups is 1. The number of rotatable bonds is 7. The van der Waals surface area contributed by atoms with Gasteiger partial charge in [-0.15, -0.1) is 0 Å². The standard InChI is InChI=1S/C18H20BrNO3/c1-13-4-3-5-15(10-13)22-9-8-20-18(21)12-23-17-7-6-14(2)11-16(17)19/h3-7,10-11H,8-9,12H2,1-2H3,(H,20,21). The van der Waals surface area contributed by atoms with E-state index < -0.39 is 0 Å². The lowest BCUT2D eigenvalue weighted by atomic mass is 10.2. The molecule has 1 amide bonds. The summed E-state index contributed by atoms with van der Waals surface area (Å²) in [7, 11) is 0. The molecule has 0 aliphatic carbocycles. The summed E-state index contributed by atoms with van der Waals surface area (Å²) in [6, 6.07) is 13.5. The first-order chi connectivity index (χ1) is 11.0. The minimum atomic E-state index is -0.176. The largest absolute Gasteiger partial charge is 0.492 e. The molecule has 0 aliphatic heterocycles. The number of hydrogen-bond donors (Lipinski definition) is 1. The third-order valence-electron chi connectivity index (χ3n) is 3.13. The van der Waals surface area contributed by atoms with Crippen LogP contribution in [-0.4, -0.2) is 25.7 Å². The van der Waals surface area contributed by atoms with Crippen LogP contribution in [0.1, 0.15) is 11.1 Å². The quantitative estimate of drug-likeness (QED) is 0.749. The van der Waals surface area contributed by atoms with Gasteiger partial charge in [-0.1, -0.05) is 18.2 Å². The third kappa shape index (κ3) is 5.94. The van der Waals surface area contributed by atoms with Crippen molar-refractivity contribution in [3.05, 3.63) is 58.1 Å². The van der Waals surface area contributed by atoms with Gasteiger partial charge in [-0.05, 0) is 65.2 Å². The predicted octanol–water partition coefficient (Wildman–Crippen LogP) is 3.64. The number of aryl methyl sites for hydroxylation is 2. The Kier molecular flexibility index (Phi) is 6.47. The monoisotopic (exact) mass is 377 g/mol. The van der Waals surface area contributed by atoms with Crippen LogP contribution in [-0.2, 0) is 4.79 Å². The first kappa shape index (κ1) is 17.3. The molecule has 0 bridgehead atoms. The van der Waals surface area contributed by atoms with Crippen molar-refractivity contribution in [3.63, 3.8) is 0 Å². The second-order valence-electron chi connectivity index (χ2n) is 5.24. The van der Waals surface area contributed by atoms with Crippen molar-refractivity contribution in [1.82, 2.24) is 5.32 Å². The first-order valence-electron chi connectivity index (χ1n) is 7.40. The van der Waals surface area contributed by atoms with Gasteiger partial charge in [-0.25, -0.2) is 0 Å². The first-order valence-corrected chi connectivity index (χ1v) is 8.19. The number of hydrogen-bond acceptors (Lipinski definition) is 3. The highest BCUT2D eigenvalue weighted by molar-refractivity contribution is 9.10. The summed E-state index contributed by atoms with van der Waals surface area (Å²) in [6.45, 7) is 4.84. The van der Waals surface area contributed by atoms with E-state index in [9.17, 15) is 4.79 Å². The molecule has 0 spiro atoms. The summed E-state index contributed by atoms with van der Waals surface area (Å²) in [5.41, 5.74) is 2.27. The Morgan fingerprint density at radius 1 is 1.09 bits per heavy atom. The van der Waals surface area contributed by atoms with E-state index in [0.29, 0.717) is 18.9 Å². The van der Waals surface area contributed by atoms with Crippen molar-refractivity contribution in [3.8, 4) is 11.5 Å². The van der Waals surface area contributed by atoms with Gasteiger partial charge < -0.3 is 14.8 Å². The smallest absolute Gasteiger partial charge is 0.258 e. The van der Waals surface area contributed by atoms with Crippen LogP contribution in [0.3, 0.4) is 0 Å². The molecule has 2 aromatic carbocycles. The maximum atomic E-state index is 11.8. The molecule has 0 fully saturated rings. The fourth-order valence-electron chi connectivity index (χ4n) is 1.98. The highest BCUT2D eigenvalue weighted by atomic mass is 79.9. The Morgan fingerprint density at radius 3 is 2.61 bits per heavy atom. The van der Waals surface area contributed by atoms with Gasteiger partial charge in [-0.2, -0.15) is 0 Å². The van der Waals surface area contributed by atoms with Gasteiger partial charge in [0.05, 0.1) is 11.0 Å². The molecule has 0 radical (unpaired) electrons. The fraction of sp³-hybridized carbons (Fsp3) is 0.278. The Hall–Kier alpha value is -2.01. The average Bonchev–Trinajstić information content (AvgIpc) is 2.51. The van der Waals surface area contributed by atoms with Gasteiger partial charge in [0.15, 0.2) is 6.61 Å². The van der Waals surface area contributed by atoms with Crippen LogP contribution in [0.5, 0.6) is 11.5 Å². The minimum absolute atomic E-state index is 0.0217. The van der Waals surface area contributed by atoms with Crippen molar-refractivity contribution in [2.45, 2.75) is 13.8 Å². The highest BCUT2D eigenvalue weighted by Crippen LogP contribution is 2.25. The number of ether oxygens (including phenoxy) is 2. The summed E-state index contributed by atoms with van der Waals surface area (Å²) in [4.78, 5) is 11.8. The number of benzene rings is 2. The molecule has 0 aromatic heterocycles. The van der Waals surface area contributed by atoms with Crippen LogP contribution >= 0.6 is 15.9 Å². The fourth-order valence-corrected chi connectivity index (χ4v) is 2.59. The molecule has 0 atom stereocenters. The second-order valence-corrected chi connectivity index (χ2v) is 6.09. The summed E-state index contributed by atoms with van der Waals surface area (Å²) < 4.78 is 11.9. The molecule has 23 heavy (non-hydrogen) atoms. The molecule has 0 aliphatic rings. The van der Waals surface area contributed by atoms with Crippen LogP contribution in [0.15, 0.2) is 46.9 Å². The molecule has 122 valence electrons. The zero-order valence-corrected chi connectivity index (χ0v) is 14.9. The molecule has 2 aromatic rings. The van der Waals surface area contributed by atoms with Crippen molar-refractivity contribution < 1.29 is 14.3 Å². The lowest BCUT2D eigenvalue weighted by molar-refractivity contribution is -0.123. The molecular weight excluding hydrogens is 358 g/mol. The van der Waals surface area contributed by atoms with Crippen LogP contribution in [0, 0.1) is 13.8 Å². The molecular formula is C18H20BrNO3. The Bertz CT molecular complexity index is 673. The van der Waals surface area contributed by atoms with Crippen molar-refractivity contribution in [1.29, 1.82) is 0 Å². The van der Waals surface area contributed by atoms with E-state index in [4.69, 9.17) is 9.47 Å². The highest BCUT2D eigenvalue weighted by Gasteiger charge is 2.05. The maximum absolute atomic E-state index is 11.8. The normalized spacial score (nSPS) is 10.2. The summed E-state index contributed by atoms with van der Waals surface area (Å²) >= 11 is 3.42. The van der Waals surface area contributed by atoms with Gasteiger partial charge in [0.25, 0.3) is 5.91 Å². The zero-order chi connectivity index (χ0) is 16.7. The van der Waals surface area contributed by atoms with E-state index in [1.807, 2.05) is 56.3 Å². The molecule has 2 rings (SSSR count). The van der Waals surface area contributed by atoms with Crippen LogP contribution in [0.25, 0.3) is 0 Å². The molecule has 0 saturated carbocycles. The van der Waals surface area contributed by atoms with E-state index in [1.165, 1.54) is 0 Å². The molecule has 4 nitrogen and oxygen atoms in total. The second kappa shape index (κ2) is 8.58. The number of halogens is 1. The summed E-state index contributed by atoms with van der Waals surface area (Å²) in [5, 5.41) is 2.76. The molecule has 0 heterocycles. The lowest BCUT2D eigenvalue weighted by Crippen LogP contribution is -2.32. The molecule has 1 N–H and O–H groups in total. The van der Waals surface area contributed by atoms with Gasteiger partial charge in [-0.3, -0.25) is 4.79 Å². The molecule has 0 unspecified atom stereocenters. The van der Waals surface area contributed by atoms with Gasteiger partial charge in [0.1, 0.15) is 18.1 Å². The SMILES string of the molecule is Cc1cccc(OCCNC(=O)COc2ccc(C)cc2Br)c1. The predicted molar refractivity (Wildman–Crippen MR) is 94.1 cm³/mol. The Labute approximate surface area is 144 Å². The van der Waals surface area contributed by atoms with Gasteiger partial charge >= 0.3 is 0 Å². The maximum Gasteiger partial charge on any atom is 0.258 e. The lowest BCUT2D eigenvalue weighted by Gasteiger charge is -2.10. The van der Waals surface area contributed by atoms with E-state index in [-0.39, 0.29) is 12.5 Å². The van der Waals surface area contributed by atoms with E-state index >= 15 is 0 Å².